The normalized spacial score (nSPS) is 14.4. The Bertz CT molecular complexity index is 708. The third kappa shape index (κ3) is 4.56. The lowest BCUT2D eigenvalue weighted by Crippen LogP contribution is -2.42. The number of ether oxygens (including phenoxy) is 1. The monoisotopic (exact) mass is 368 g/mol. The number of nitrogens with zero attached hydrogens (tertiary/aromatic N) is 5. The third-order valence-electron chi connectivity index (χ3n) is 3.18. The van der Waals surface area contributed by atoms with Gasteiger partial charge in [-0.3, -0.25) is 4.79 Å². The number of carbonyl (C=O) groups excluding carboxylic acids is 2. The first-order valence-corrected chi connectivity index (χ1v) is 9.00. The van der Waals surface area contributed by atoms with Crippen molar-refractivity contribution in [3.05, 3.63) is 0 Å². The van der Waals surface area contributed by atoms with E-state index in [2.05, 4.69) is 20.3 Å². The second kappa shape index (κ2) is 8.10. The summed E-state index contributed by atoms with van der Waals surface area (Å²) in [6, 6.07) is 0.131. The number of rotatable bonds is 7. The Morgan fingerprint density at radius 2 is 2.16 bits per heavy atom. The molecule has 0 bridgehead atoms. The molecule has 136 valence electrons. The molecule has 0 fully saturated rings. The molecule has 0 radical (unpaired) electrons. The van der Waals surface area contributed by atoms with Crippen LogP contribution >= 0.6 is 11.8 Å². The fraction of sp³-hybridized carbons (Fsp3) is 0.571. The van der Waals surface area contributed by atoms with Crippen LogP contribution in [0.4, 0.5) is 11.9 Å². The molecule has 0 unspecified atom stereocenters. The van der Waals surface area contributed by atoms with Crippen molar-refractivity contribution in [2.45, 2.75) is 32.0 Å². The minimum absolute atomic E-state index is 0.0514. The molecule has 25 heavy (non-hydrogen) atoms. The second-order valence-electron chi connectivity index (χ2n) is 5.47. The molecule has 10 nitrogen and oxygen atoms in total. The van der Waals surface area contributed by atoms with Crippen molar-refractivity contribution in [2.24, 2.45) is 5.73 Å². The van der Waals surface area contributed by atoms with Crippen molar-refractivity contribution in [3.8, 4) is 0 Å². The van der Waals surface area contributed by atoms with E-state index < -0.39 is 5.97 Å². The first-order valence-electron chi connectivity index (χ1n) is 7.78. The average Bonchev–Trinajstić information content (AvgIpc) is 2.82. The van der Waals surface area contributed by atoms with E-state index >= 15 is 0 Å². The van der Waals surface area contributed by atoms with Gasteiger partial charge < -0.3 is 15.8 Å². The summed E-state index contributed by atoms with van der Waals surface area (Å²) in [4.78, 5) is 37.9. The zero-order valence-corrected chi connectivity index (χ0v) is 15.5. The maximum Gasteiger partial charge on any atom is 0.362 e. The van der Waals surface area contributed by atoms with Crippen LogP contribution in [0.1, 0.15) is 20.8 Å². The number of guanidine groups is 1. The van der Waals surface area contributed by atoms with E-state index in [9.17, 15) is 9.59 Å². The predicted molar refractivity (Wildman–Crippen MR) is 92.7 cm³/mol. The van der Waals surface area contributed by atoms with Crippen LogP contribution in [0.15, 0.2) is 5.16 Å². The minimum Gasteiger partial charge on any atom is -0.464 e. The van der Waals surface area contributed by atoms with Gasteiger partial charge in [-0.25, -0.2) is 14.3 Å². The van der Waals surface area contributed by atoms with Gasteiger partial charge in [0.1, 0.15) is 6.54 Å². The van der Waals surface area contributed by atoms with Crippen molar-refractivity contribution < 1.29 is 18.9 Å². The molecule has 0 aromatic carbocycles. The van der Waals surface area contributed by atoms with Gasteiger partial charge in [-0.2, -0.15) is 4.98 Å². The number of amides is 1. The zero-order chi connectivity index (χ0) is 18.6. The van der Waals surface area contributed by atoms with E-state index in [1.165, 1.54) is 16.3 Å². The summed E-state index contributed by atoms with van der Waals surface area (Å²) >= 11 is 1.35. The molecule has 2 rings (SSSR count). The summed E-state index contributed by atoms with van der Waals surface area (Å²) in [6.45, 7) is 5.56. The van der Waals surface area contributed by atoms with Crippen LogP contribution in [0.25, 0.3) is 0 Å². The fourth-order valence-corrected chi connectivity index (χ4v) is 2.48. The number of hydrogen-bond donors (Lipinski definition) is 2. The van der Waals surface area contributed by atoms with Crippen LogP contribution in [0, 0.1) is 0 Å². The lowest BCUT2D eigenvalue weighted by atomic mass is 10.4. The van der Waals surface area contributed by atoms with Gasteiger partial charge in [0.15, 0.2) is 6.54 Å². The highest BCUT2D eigenvalue weighted by Gasteiger charge is 2.37. The summed E-state index contributed by atoms with van der Waals surface area (Å²) in [5.74, 6) is -0.113. The highest BCUT2D eigenvalue weighted by molar-refractivity contribution is 7.98. The molecule has 1 aromatic rings. The number of aromatic nitrogens is 3. The van der Waals surface area contributed by atoms with Crippen LogP contribution in [0.5, 0.6) is 0 Å². The number of esters is 1. The summed E-state index contributed by atoms with van der Waals surface area (Å²) in [5.41, 5.74) is 6.05. The Labute approximate surface area is 149 Å². The molecule has 1 amide bonds. The first kappa shape index (κ1) is 18.9. The average molecular weight is 368 g/mol. The highest BCUT2D eigenvalue weighted by Crippen LogP contribution is 2.18. The number of thioether (sulfide) groups is 1. The molecule has 0 spiro atoms. The topological polar surface area (TPSA) is 126 Å². The number of hydrogen-bond acceptors (Lipinski definition) is 9. The Morgan fingerprint density at radius 3 is 2.76 bits per heavy atom. The van der Waals surface area contributed by atoms with Gasteiger partial charge in [0, 0.05) is 6.04 Å². The van der Waals surface area contributed by atoms with Crippen molar-refractivity contribution in [1.82, 2.24) is 19.9 Å². The van der Waals surface area contributed by atoms with Crippen LogP contribution in [-0.2, 0) is 14.3 Å². The molecular formula is C14H22N7O3S+. The molecule has 0 atom stereocenters. The Morgan fingerprint density at radius 1 is 1.44 bits per heavy atom. The van der Waals surface area contributed by atoms with Crippen molar-refractivity contribution in [1.29, 1.82) is 0 Å². The van der Waals surface area contributed by atoms with Gasteiger partial charge in [0.05, 0.1) is 6.61 Å². The van der Waals surface area contributed by atoms with E-state index in [-0.39, 0.29) is 43.6 Å². The number of anilines is 1. The van der Waals surface area contributed by atoms with Crippen molar-refractivity contribution in [3.63, 3.8) is 0 Å². The van der Waals surface area contributed by atoms with Crippen molar-refractivity contribution in [2.75, 3.05) is 31.3 Å². The Kier molecular flexibility index (Phi) is 6.12. The third-order valence-corrected chi connectivity index (χ3v) is 3.73. The maximum atomic E-state index is 12.2. The standard InChI is InChI=1S/C14H21N7O3S/c1-5-24-10(23)7-20-9(22)6-21(11(20)15)13-17-12(16-8(2)3)18-14(19-13)25-4/h8,15H,5-7H2,1-4H3,(H,16,17,18,19)/p+1. The van der Waals surface area contributed by atoms with Crippen LogP contribution in [-0.4, -0.2) is 74.3 Å². The SMILES string of the molecule is CCOC(=O)CN1C(=O)C[N+](c2nc(NC(C)C)nc(SC)n2)=C1N. The van der Waals surface area contributed by atoms with Crippen LogP contribution in [0.2, 0.25) is 0 Å². The zero-order valence-electron chi connectivity index (χ0n) is 14.6. The highest BCUT2D eigenvalue weighted by atomic mass is 32.2. The molecular weight excluding hydrogens is 346 g/mol. The quantitative estimate of drug-likeness (QED) is 0.381. The fourth-order valence-electron chi connectivity index (χ4n) is 2.13. The van der Waals surface area contributed by atoms with Crippen LogP contribution < -0.4 is 11.1 Å². The van der Waals surface area contributed by atoms with Gasteiger partial charge in [0.25, 0.3) is 17.8 Å². The van der Waals surface area contributed by atoms with Gasteiger partial charge in [-0.1, -0.05) is 21.7 Å². The maximum absolute atomic E-state index is 12.2. The van der Waals surface area contributed by atoms with E-state index in [0.717, 1.165) is 4.90 Å². The van der Waals surface area contributed by atoms with Gasteiger partial charge >= 0.3 is 11.9 Å². The molecule has 3 N–H and O–H groups in total. The number of nitrogens with one attached hydrogen (secondary N) is 1. The van der Waals surface area contributed by atoms with Crippen LogP contribution in [0.3, 0.4) is 0 Å². The minimum atomic E-state index is -0.525. The lowest BCUT2D eigenvalue weighted by Gasteiger charge is -2.10. The van der Waals surface area contributed by atoms with Gasteiger partial charge in [-0.05, 0) is 27.0 Å². The van der Waals surface area contributed by atoms with E-state index in [4.69, 9.17) is 10.5 Å². The Hall–Kier alpha value is -2.43. The van der Waals surface area contributed by atoms with E-state index in [0.29, 0.717) is 11.1 Å². The molecule has 2 heterocycles. The van der Waals surface area contributed by atoms with Gasteiger partial charge in [0.2, 0.25) is 5.16 Å². The van der Waals surface area contributed by atoms with Gasteiger partial charge in [-0.15, -0.1) is 0 Å². The molecule has 1 aliphatic heterocycles. The smallest absolute Gasteiger partial charge is 0.362 e. The molecule has 11 heteroatoms. The summed E-state index contributed by atoms with van der Waals surface area (Å²) in [5, 5.41) is 3.60. The number of carbonyl (C=O) groups is 2. The number of nitrogens with two attached hydrogens (primary N) is 1. The summed E-state index contributed by atoms with van der Waals surface area (Å²) in [7, 11) is 0. The molecule has 0 saturated carbocycles. The molecule has 1 aromatic heterocycles. The molecule has 0 aliphatic carbocycles. The summed E-state index contributed by atoms with van der Waals surface area (Å²) in [6.07, 6.45) is 1.84. The predicted octanol–water partition coefficient (Wildman–Crippen LogP) is -0.222. The first-order chi connectivity index (χ1) is 11.8. The molecule has 0 saturated heterocycles. The lowest BCUT2D eigenvalue weighted by molar-refractivity contribution is -0.432. The van der Waals surface area contributed by atoms with E-state index in [1.54, 1.807) is 6.92 Å². The second-order valence-corrected chi connectivity index (χ2v) is 6.25. The largest absolute Gasteiger partial charge is 0.464 e. The summed E-state index contributed by atoms with van der Waals surface area (Å²) < 4.78 is 6.32. The molecule has 1 aliphatic rings. The Balaban J connectivity index is 2.34. The van der Waals surface area contributed by atoms with E-state index in [1.807, 2.05) is 20.1 Å². The van der Waals surface area contributed by atoms with Crippen molar-refractivity contribution >= 4 is 41.5 Å².